The molecule has 1 aromatic rings. The molecule has 0 spiro atoms. The zero-order valence-electron chi connectivity index (χ0n) is 6.88. The summed E-state index contributed by atoms with van der Waals surface area (Å²) < 4.78 is 43.2. The molecule has 0 fully saturated rings. The lowest BCUT2D eigenvalue weighted by Crippen LogP contribution is -2.16. The van der Waals surface area contributed by atoms with Crippen LogP contribution in [0.4, 0.5) is 13.2 Å². The van der Waals surface area contributed by atoms with Crippen molar-refractivity contribution in [2.24, 2.45) is 0 Å². The molecule has 1 rings (SSSR count). The predicted octanol–water partition coefficient (Wildman–Crippen LogP) is 2.35. The van der Waals surface area contributed by atoms with Crippen LogP contribution in [0.3, 0.4) is 0 Å². The molecule has 14 heavy (non-hydrogen) atoms. The number of halogens is 3. The van der Waals surface area contributed by atoms with Gasteiger partial charge in [-0.05, 0) is 24.3 Å². The van der Waals surface area contributed by atoms with Crippen LogP contribution < -0.4 is 9.47 Å². The zero-order valence-corrected chi connectivity index (χ0v) is 6.88. The van der Waals surface area contributed by atoms with Gasteiger partial charge in [0.1, 0.15) is 11.5 Å². The van der Waals surface area contributed by atoms with Gasteiger partial charge in [0.15, 0.2) is 0 Å². The second kappa shape index (κ2) is 4.19. The average molecular weight is 207 g/mol. The maximum absolute atomic E-state index is 11.7. The lowest BCUT2D eigenvalue weighted by molar-refractivity contribution is -0.274. The smallest absolute Gasteiger partial charge is 0.465 e. The van der Waals surface area contributed by atoms with Crippen LogP contribution in [-0.4, -0.2) is 13.2 Å². The highest BCUT2D eigenvalue weighted by atomic mass is 19.4. The number of hydrogen-bond donors (Lipinski definition) is 0. The topological polar surface area (TPSA) is 38.4 Å². The van der Waals surface area contributed by atoms with Crippen LogP contribution in [0.15, 0.2) is 24.3 Å². The van der Waals surface area contributed by atoms with Crippen molar-refractivity contribution in [1.82, 2.24) is 0 Å². The SMILES string of the molecule is [O]COc1ccc(OC(F)(F)F)cc1. The largest absolute Gasteiger partial charge is 0.573 e. The first-order chi connectivity index (χ1) is 6.51. The summed E-state index contributed by atoms with van der Waals surface area (Å²) in [5.74, 6) is -0.148. The van der Waals surface area contributed by atoms with E-state index in [1.165, 1.54) is 12.1 Å². The summed E-state index contributed by atoms with van der Waals surface area (Å²) >= 11 is 0. The fourth-order valence-corrected chi connectivity index (χ4v) is 0.806. The van der Waals surface area contributed by atoms with Crippen LogP contribution in [0.25, 0.3) is 0 Å². The fraction of sp³-hybridized carbons (Fsp3) is 0.250. The number of ether oxygens (including phenoxy) is 2. The maximum Gasteiger partial charge on any atom is 0.573 e. The summed E-state index contributed by atoms with van der Waals surface area (Å²) in [4.78, 5) is 0. The van der Waals surface area contributed by atoms with E-state index in [1.807, 2.05) is 0 Å². The van der Waals surface area contributed by atoms with Gasteiger partial charge in [-0.1, -0.05) is 0 Å². The van der Waals surface area contributed by atoms with Crippen molar-refractivity contribution in [3.8, 4) is 11.5 Å². The molecule has 0 aliphatic heterocycles. The van der Waals surface area contributed by atoms with Gasteiger partial charge in [0.2, 0.25) is 6.79 Å². The number of hydrogen-bond acceptors (Lipinski definition) is 2. The van der Waals surface area contributed by atoms with E-state index < -0.39 is 13.2 Å². The van der Waals surface area contributed by atoms with E-state index >= 15 is 0 Å². The molecule has 0 atom stereocenters. The molecular formula is C8H6F3O3. The summed E-state index contributed by atoms with van der Waals surface area (Å²) in [5.41, 5.74) is 0. The van der Waals surface area contributed by atoms with Crippen LogP contribution in [0.2, 0.25) is 0 Å². The number of rotatable bonds is 3. The molecule has 0 saturated heterocycles. The highest BCUT2D eigenvalue weighted by Gasteiger charge is 2.30. The monoisotopic (exact) mass is 207 g/mol. The van der Waals surface area contributed by atoms with Crippen LogP contribution in [-0.2, 0) is 5.11 Å². The van der Waals surface area contributed by atoms with E-state index in [1.54, 1.807) is 0 Å². The lowest BCUT2D eigenvalue weighted by Gasteiger charge is -2.08. The first-order valence-corrected chi connectivity index (χ1v) is 3.58. The maximum atomic E-state index is 11.7. The third kappa shape index (κ3) is 3.53. The van der Waals surface area contributed by atoms with Crippen LogP contribution in [0.5, 0.6) is 11.5 Å². The van der Waals surface area contributed by atoms with Gasteiger partial charge in [0.05, 0.1) is 0 Å². The minimum absolute atomic E-state index is 0.203. The molecular weight excluding hydrogens is 201 g/mol. The van der Waals surface area contributed by atoms with Gasteiger partial charge in [-0.3, -0.25) is 0 Å². The molecule has 0 heterocycles. The fourth-order valence-electron chi connectivity index (χ4n) is 0.806. The van der Waals surface area contributed by atoms with Gasteiger partial charge in [-0.15, -0.1) is 13.2 Å². The van der Waals surface area contributed by atoms with Gasteiger partial charge >= 0.3 is 6.36 Å². The van der Waals surface area contributed by atoms with Crippen molar-refractivity contribution in [1.29, 1.82) is 0 Å². The first-order valence-electron chi connectivity index (χ1n) is 3.58. The van der Waals surface area contributed by atoms with E-state index in [9.17, 15) is 18.3 Å². The number of alkyl halides is 3. The van der Waals surface area contributed by atoms with Gasteiger partial charge in [0, 0.05) is 0 Å². The highest BCUT2D eigenvalue weighted by molar-refractivity contribution is 5.31. The molecule has 0 aliphatic rings. The van der Waals surface area contributed by atoms with Crippen molar-refractivity contribution in [2.75, 3.05) is 6.79 Å². The average Bonchev–Trinajstić information content (AvgIpc) is 2.06. The van der Waals surface area contributed by atoms with Crippen molar-refractivity contribution < 1.29 is 27.8 Å². The van der Waals surface area contributed by atoms with E-state index in [0.29, 0.717) is 0 Å². The Morgan fingerprint density at radius 3 is 2.00 bits per heavy atom. The summed E-state index contributed by atoms with van der Waals surface area (Å²) in [7, 11) is 0. The Labute approximate surface area is 77.7 Å². The third-order valence-electron chi connectivity index (χ3n) is 1.28. The van der Waals surface area contributed by atoms with Crippen molar-refractivity contribution in [2.45, 2.75) is 6.36 Å². The summed E-state index contributed by atoms with van der Waals surface area (Å²) in [6.07, 6.45) is -4.71. The molecule has 0 saturated carbocycles. The first kappa shape index (κ1) is 10.6. The molecule has 0 bridgehead atoms. The van der Waals surface area contributed by atoms with Gasteiger partial charge in [0.25, 0.3) is 0 Å². The van der Waals surface area contributed by atoms with E-state index in [-0.39, 0.29) is 11.5 Å². The second-order valence-electron chi connectivity index (χ2n) is 2.28. The van der Waals surface area contributed by atoms with Crippen LogP contribution in [0.1, 0.15) is 0 Å². The Morgan fingerprint density at radius 1 is 1.07 bits per heavy atom. The molecule has 0 amide bonds. The van der Waals surface area contributed by atoms with E-state index in [4.69, 9.17) is 0 Å². The molecule has 0 aromatic heterocycles. The highest BCUT2D eigenvalue weighted by Crippen LogP contribution is 2.24. The molecule has 6 heteroatoms. The van der Waals surface area contributed by atoms with Crippen LogP contribution in [0, 0.1) is 0 Å². The van der Waals surface area contributed by atoms with Crippen molar-refractivity contribution in [3.63, 3.8) is 0 Å². The summed E-state index contributed by atoms with van der Waals surface area (Å²) in [5, 5.41) is 9.98. The quantitative estimate of drug-likeness (QED) is 0.713. The molecule has 77 valence electrons. The Hall–Kier alpha value is -1.43. The van der Waals surface area contributed by atoms with E-state index in [0.717, 1.165) is 12.1 Å². The predicted molar refractivity (Wildman–Crippen MR) is 39.3 cm³/mol. The lowest BCUT2D eigenvalue weighted by atomic mass is 10.3. The Balaban J connectivity index is 2.64. The standard InChI is InChI=1S/C8H6F3O3/c9-8(10,11)14-7-3-1-6(2-4-7)13-5-12/h1-4H,5H2. The Kier molecular flexibility index (Phi) is 3.19. The minimum atomic E-state index is -4.71. The molecule has 0 aliphatic carbocycles. The Bertz CT molecular complexity index is 281. The summed E-state index contributed by atoms with van der Waals surface area (Å²) in [6, 6.07) is 4.58. The summed E-state index contributed by atoms with van der Waals surface area (Å²) in [6.45, 7) is -0.778. The number of benzene rings is 1. The Morgan fingerprint density at radius 2 is 1.57 bits per heavy atom. The van der Waals surface area contributed by atoms with Gasteiger partial charge < -0.3 is 9.47 Å². The molecule has 3 nitrogen and oxygen atoms in total. The molecule has 0 N–H and O–H groups in total. The van der Waals surface area contributed by atoms with Gasteiger partial charge in [-0.25, -0.2) is 0 Å². The molecule has 1 aromatic carbocycles. The van der Waals surface area contributed by atoms with Crippen molar-refractivity contribution >= 4 is 0 Å². The van der Waals surface area contributed by atoms with Gasteiger partial charge in [-0.2, -0.15) is 5.11 Å². The van der Waals surface area contributed by atoms with Crippen molar-refractivity contribution in [3.05, 3.63) is 24.3 Å². The van der Waals surface area contributed by atoms with Crippen LogP contribution >= 0.6 is 0 Å². The third-order valence-corrected chi connectivity index (χ3v) is 1.28. The normalized spacial score (nSPS) is 11.1. The molecule has 1 radical (unpaired) electrons. The minimum Gasteiger partial charge on any atom is -0.465 e. The zero-order chi connectivity index (χ0) is 10.6. The second-order valence-corrected chi connectivity index (χ2v) is 2.28. The molecule has 0 unspecified atom stereocenters. The van der Waals surface area contributed by atoms with E-state index in [2.05, 4.69) is 9.47 Å².